The van der Waals surface area contributed by atoms with Crippen molar-refractivity contribution in [2.45, 2.75) is 64.6 Å². The van der Waals surface area contributed by atoms with E-state index in [0.717, 1.165) is 18.4 Å². The molecule has 0 bridgehead atoms. The predicted octanol–water partition coefficient (Wildman–Crippen LogP) is 1.64. The summed E-state index contributed by atoms with van der Waals surface area (Å²) in [6.07, 6.45) is 4.34. The Labute approximate surface area is 154 Å². The molecule has 0 amide bonds. The minimum Gasteiger partial charge on any atom is -0.393 e. The molecular weight excluding hydrogens is 332 g/mol. The van der Waals surface area contributed by atoms with Crippen molar-refractivity contribution in [2.24, 2.45) is 34.5 Å². The van der Waals surface area contributed by atoms with Crippen LogP contribution >= 0.6 is 0 Å². The Morgan fingerprint density at radius 1 is 1.27 bits per heavy atom. The average Bonchev–Trinajstić information content (AvgIpc) is 2.92. The largest absolute Gasteiger partial charge is 0.393 e. The fourth-order valence-corrected chi connectivity index (χ4v) is 7.38. The number of carbonyl (C=O) groups excluding carboxylic acids is 2. The van der Waals surface area contributed by atoms with E-state index in [4.69, 9.17) is 0 Å². The molecule has 26 heavy (non-hydrogen) atoms. The molecule has 3 N–H and O–H groups in total. The first-order chi connectivity index (χ1) is 12.2. The van der Waals surface area contributed by atoms with Crippen LogP contribution < -0.4 is 0 Å². The molecule has 8 atom stereocenters. The van der Waals surface area contributed by atoms with Gasteiger partial charge in [-0.3, -0.25) is 9.59 Å². The minimum absolute atomic E-state index is 0.0197. The topological polar surface area (TPSA) is 94.8 Å². The van der Waals surface area contributed by atoms with Crippen molar-refractivity contribution in [2.75, 3.05) is 6.61 Å². The zero-order valence-corrected chi connectivity index (χ0v) is 15.6. The number of aliphatic hydroxyl groups excluding tert-OH is 3. The van der Waals surface area contributed by atoms with E-state index >= 15 is 0 Å². The highest BCUT2D eigenvalue weighted by Gasteiger charge is 2.64. The maximum absolute atomic E-state index is 12.3. The van der Waals surface area contributed by atoms with Gasteiger partial charge in [-0.1, -0.05) is 13.8 Å². The monoisotopic (exact) mass is 362 g/mol. The molecule has 8 unspecified atom stereocenters. The predicted molar refractivity (Wildman–Crippen MR) is 95.1 cm³/mol. The molecule has 0 radical (unpaired) electrons. The van der Waals surface area contributed by atoms with Crippen molar-refractivity contribution in [1.29, 1.82) is 0 Å². The molecule has 0 saturated heterocycles. The minimum atomic E-state index is -0.646. The second kappa shape index (κ2) is 5.98. The van der Waals surface area contributed by atoms with Crippen molar-refractivity contribution >= 4 is 11.6 Å². The summed E-state index contributed by atoms with van der Waals surface area (Å²) >= 11 is 0. The lowest BCUT2D eigenvalue weighted by Gasteiger charge is -2.60. The number of Topliss-reactive ketones (excluding diaryl/α,β-unsaturated/α-hetero) is 1. The Morgan fingerprint density at radius 3 is 2.69 bits per heavy atom. The van der Waals surface area contributed by atoms with Gasteiger partial charge >= 0.3 is 0 Å². The lowest BCUT2D eigenvalue weighted by molar-refractivity contribution is -0.154. The van der Waals surface area contributed by atoms with Crippen LogP contribution in [0.5, 0.6) is 0 Å². The Kier molecular flexibility index (Phi) is 4.22. The van der Waals surface area contributed by atoms with Crippen LogP contribution in [0.15, 0.2) is 11.6 Å². The Balaban J connectivity index is 1.74. The van der Waals surface area contributed by atoms with Gasteiger partial charge in [-0.2, -0.15) is 0 Å². The van der Waals surface area contributed by atoms with Crippen molar-refractivity contribution in [1.82, 2.24) is 0 Å². The molecule has 5 heteroatoms. The molecule has 0 heterocycles. The first-order valence-corrected chi connectivity index (χ1v) is 9.97. The molecule has 0 aromatic rings. The van der Waals surface area contributed by atoms with E-state index in [1.54, 1.807) is 6.08 Å². The lowest BCUT2D eigenvalue weighted by Crippen LogP contribution is -2.59. The molecule has 5 nitrogen and oxygen atoms in total. The number of ketones is 2. The molecule has 0 aromatic carbocycles. The van der Waals surface area contributed by atoms with E-state index in [9.17, 15) is 24.9 Å². The van der Waals surface area contributed by atoms with Crippen LogP contribution in [0.1, 0.15) is 52.4 Å². The lowest BCUT2D eigenvalue weighted by atomic mass is 9.45. The van der Waals surface area contributed by atoms with Gasteiger partial charge in [-0.05, 0) is 72.3 Å². The molecule has 144 valence electrons. The summed E-state index contributed by atoms with van der Waals surface area (Å²) in [7, 11) is 0. The molecule has 0 aromatic heterocycles. The third-order valence-corrected chi connectivity index (χ3v) is 8.45. The van der Waals surface area contributed by atoms with Gasteiger partial charge in [0.25, 0.3) is 0 Å². The van der Waals surface area contributed by atoms with Crippen LogP contribution in [0, 0.1) is 34.5 Å². The summed E-state index contributed by atoms with van der Waals surface area (Å²) in [6.45, 7) is 3.75. The fraction of sp³-hybridized carbons (Fsp3) is 0.810. The highest BCUT2D eigenvalue weighted by Crippen LogP contribution is 2.66. The number of rotatable bonds is 2. The standard InChI is InChI=1S/C21H30O5/c1-20-6-5-11(23)7-15(20)16(24)8-12-13-3-4-14(18(26)10-22)21(13,2)9-17(25)19(12)20/h7,12-14,16-17,19,22,24-25H,3-6,8-10H2,1-2H3. The third kappa shape index (κ3) is 2.33. The quantitative estimate of drug-likeness (QED) is 0.694. The van der Waals surface area contributed by atoms with Gasteiger partial charge in [0.05, 0.1) is 12.2 Å². The molecular formula is C21H30O5. The Morgan fingerprint density at radius 2 is 2.00 bits per heavy atom. The van der Waals surface area contributed by atoms with E-state index in [1.807, 2.05) is 0 Å². The van der Waals surface area contributed by atoms with Crippen LogP contribution in [0.2, 0.25) is 0 Å². The highest BCUT2D eigenvalue weighted by molar-refractivity contribution is 5.92. The highest BCUT2D eigenvalue weighted by atomic mass is 16.3. The molecule has 0 spiro atoms. The second-order valence-electron chi connectivity index (χ2n) is 9.56. The molecule has 0 aliphatic heterocycles. The van der Waals surface area contributed by atoms with Crippen LogP contribution in [0.4, 0.5) is 0 Å². The molecule has 3 fully saturated rings. The number of aliphatic hydroxyl groups is 3. The SMILES string of the molecule is CC12CCC(=O)C=C1C(O)CC1C2C(O)CC2(C)C(C(=O)CO)CCC12. The van der Waals surface area contributed by atoms with E-state index in [1.165, 1.54) is 0 Å². The Bertz CT molecular complexity index is 669. The second-order valence-corrected chi connectivity index (χ2v) is 9.56. The average molecular weight is 362 g/mol. The molecule has 4 aliphatic carbocycles. The maximum Gasteiger partial charge on any atom is 0.161 e. The van der Waals surface area contributed by atoms with Crippen molar-refractivity contribution in [3.05, 3.63) is 11.6 Å². The summed E-state index contributed by atoms with van der Waals surface area (Å²) in [5.74, 6) is 0.175. The summed E-state index contributed by atoms with van der Waals surface area (Å²) in [5, 5.41) is 31.4. The van der Waals surface area contributed by atoms with Gasteiger partial charge in [0, 0.05) is 12.3 Å². The number of carbonyl (C=O) groups is 2. The number of hydrogen-bond acceptors (Lipinski definition) is 5. The van der Waals surface area contributed by atoms with Crippen LogP contribution in [0.3, 0.4) is 0 Å². The van der Waals surface area contributed by atoms with Crippen LogP contribution in [-0.2, 0) is 9.59 Å². The first-order valence-electron chi connectivity index (χ1n) is 9.97. The van der Waals surface area contributed by atoms with Crippen LogP contribution in [-0.4, -0.2) is 45.7 Å². The smallest absolute Gasteiger partial charge is 0.161 e. The summed E-state index contributed by atoms with van der Waals surface area (Å²) in [6, 6.07) is 0. The van der Waals surface area contributed by atoms with Gasteiger partial charge in [0.15, 0.2) is 11.6 Å². The Hall–Kier alpha value is -1.04. The third-order valence-electron chi connectivity index (χ3n) is 8.45. The van der Waals surface area contributed by atoms with Crippen molar-refractivity contribution in [3.63, 3.8) is 0 Å². The number of fused-ring (bicyclic) bond motifs is 5. The van der Waals surface area contributed by atoms with Gasteiger partial charge in [-0.15, -0.1) is 0 Å². The zero-order valence-electron chi connectivity index (χ0n) is 15.6. The van der Waals surface area contributed by atoms with Gasteiger partial charge in [0.2, 0.25) is 0 Å². The molecule has 4 aliphatic rings. The van der Waals surface area contributed by atoms with E-state index in [2.05, 4.69) is 13.8 Å². The van der Waals surface area contributed by atoms with Gasteiger partial charge < -0.3 is 15.3 Å². The zero-order chi connectivity index (χ0) is 18.9. The van der Waals surface area contributed by atoms with Crippen LogP contribution in [0.25, 0.3) is 0 Å². The normalized spacial score (nSPS) is 50.5. The molecule has 4 rings (SSSR count). The van der Waals surface area contributed by atoms with Crippen molar-refractivity contribution in [3.8, 4) is 0 Å². The number of hydrogen-bond donors (Lipinski definition) is 3. The maximum atomic E-state index is 12.3. The van der Waals surface area contributed by atoms with E-state index < -0.39 is 18.8 Å². The summed E-state index contributed by atoms with van der Waals surface area (Å²) < 4.78 is 0. The first kappa shape index (κ1) is 18.3. The summed E-state index contributed by atoms with van der Waals surface area (Å²) in [5.41, 5.74) is 0.136. The summed E-state index contributed by atoms with van der Waals surface area (Å²) in [4.78, 5) is 24.2. The van der Waals surface area contributed by atoms with Gasteiger partial charge in [0.1, 0.15) is 6.61 Å². The van der Waals surface area contributed by atoms with Gasteiger partial charge in [-0.25, -0.2) is 0 Å². The fourth-order valence-electron chi connectivity index (χ4n) is 7.38. The van der Waals surface area contributed by atoms with Crippen molar-refractivity contribution < 1.29 is 24.9 Å². The van der Waals surface area contributed by atoms with E-state index in [-0.39, 0.29) is 46.1 Å². The molecule has 3 saturated carbocycles. The van der Waals surface area contributed by atoms with E-state index in [0.29, 0.717) is 25.7 Å².